The molecular weight excluding hydrogens is 236 g/mol. The van der Waals surface area contributed by atoms with E-state index in [2.05, 4.69) is 5.32 Å². The smallest absolute Gasteiger partial charge is 0.282 e. The molecule has 4 nitrogen and oxygen atoms in total. The molecule has 0 bridgehead atoms. The molecule has 17 heavy (non-hydrogen) atoms. The van der Waals surface area contributed by atoms with Crippen LogP contribution in [0, 0.1) is 6.92 Å². The van der Waals surface area contributed by atoms with Crippen LogP contribution in [0.4, 0.5) is 10.5 Å². The first-order valence-electron chi connectivity index (χ1n) is 5.44. The molecule has 1 aliphatic rings. The van der Waals surface area contributed by atoms with Crippen molar-refractivity contribution in [2.45, 2.75) is 6.92 Å². The molecule has 1 fully saturated rings. The van der Waals surface area contributed by atoms with E-state index >= 15 is 0 Å². The van der Waals surface area contributed by atoms with E-state index in [1.54, 1.807) is 4.90 Å². The minimum atomic E-state index is -0.143. The molecule has 1 aromatic rings. The van der Waals surface area contributed by atoms with E-state index < -0.39 is 0 Å². The molecule has 0 aromatic heterocycles. The number of anilines is 1. The van der Waals surface area contributed by atoms with Crippen LogP contribution >= 0.6 is 11.8 Å². The van der Waals surface area contributed by atoms with Crippen LogP contribution in [0.1, 0.15) is 5.56 Å². The molecule has 0 atom stereocenters. The van der Waals surface area contributed by atoms with Crippen molar-refractivity contribution in [2.75, 3.05) is 24.2 Å². The molecule has 0 unspecified atom stereocenters. The van der Waals surface area contributed by atoms with E-state index in [9.17, 15) is 9.59 Å². The Morgan fingerprint density at radius 3 is 2.88 bits per heavy atom. The fraction of sp³-hybridized carbons (Fsp3) is 0.333. The third kappa shape index (κ3) is 3.00. The Morgan fingerprint density at radius 1 is 1.47 bits per heavy atom. The van der Waals surface area contributed by atoms with Crippen LogP contribution in [-0.4, -0.2) is 34.9 Å². The molecule has 0 spiro atoms. The highest BCUT2D eigenvalue weighted by Crippen LogP contribution is 2.17. The first-order valence-corrected chi connectivity index (χ1v) is 6.42. The fourth-order valence-corrected chi connectivity index (χ4v) is 2.47. The zero-order valence-corrected chi connectivity index (χ0v) is 10.4. The van der Waals surface area contributed by atoms with Crippen LogP contribution in [0.2, 0.25) is 0 Å². The van der Waals surface area contributed by atoms with Gasteiger partial charge in [-0.25, -0.2) is 0 Å². The average molecular weight is 250 g/mol. The highest BCUT2D eigenvalue weighted by atomic mass is 32.2. The van der Waals surface area contributed by atoms with Crippen LogP contribution in [0.15, 0.2) is 24.3 Å². The van der Waals surface area contributed by atoms with Gasteiger partial charge in [0.25, 0.3) is 5.24 Å². The van der Waals surface area contributed by atoms with E-state index in [0.29, 0.717) is 6.54 Å². The number of thioether (sulfide) groups is 1. The Hall–Kier alpha value is -1.49. The number of benzene rings is 1. The van der Waals surface area contributed by atoms with Gasteiger partial charge in [-0.3, -0.25) is 9.59 Å². The molecule has 1 aliphatic heterocycles. The van der Waals surface area contributed by atoms with E-state index in [4.69, 9.17) is 0 Å². The van der Waals surface area contributed by atoms with Gasteiger partial charge in [-0.2, -0.15) is 0 Å². The maximum absolute atomic E-state index is 11.8. The normalized spacial score (nSPS) is 15.1. The average Bonchev–Trinajstić information content (AvgIpc) is 2.68. The molecule has 1 aromatic carbocycles. The molecule has 0 saturated carbocycles. The number of nitrogens with one attached hydrogen (secondary N) is 1. The van der Waals surface area contributed by atoms with Crippen molar-refractivity contribution in [2.24, 2.45) is 0 Å². The minimum Gasteiger partial charge on any atom is -0.324 e. The number of amides is 2. The van der Waals surface area contributed by atoms with Gasteiger partial charge in [0.05, 0.1) is 0 Å². The van der Waals surface area contributed by atoms with Crippen molar-refractivity contribution in [3.8, 4) is 0 Å². The number of carbonyl (C=O) groups is 2. The molecule has 5 heteroatoms. The summed E-state index contributed by atoms with van der Waals surface area (Å²) in [6.45, 7) is 2.73. The first kappa shape index (κ1) is 12.0. The summed E-state index contributed by atoms with van der Waals surface area (Å²) in [4.78, 5) is 24.7. The van der Waals surface area contributed by atoms with Crippen molar-refractivity contribution < 1.29 is 9.59 Å². The third-order valence-electron chi connectivity index (χ3n) is 2.60. The second kappa shape index (κ2) is 5.23. The van der Waals surface area contributed by atoms with Gasteiger partial charge in [0.15, 0.2) is 0 Å². The third-order valence-corrected chi connectivity index (χ3v) is 3.49. The molecular formula is C12H14N2O2S. The highest BCUT2D eigenvalue weighted by Gasteiger charge is 2.23. The fourth-order valence-electron chi connectivity index (χ4n) is 1.65. The van der Waals surface area contributed by atoms with E-state index in [1.165, 1.54) is 11.8 Å². The molecule has 1 saturated heterocycles. The predicted octanol–water partition coefficient (Wildman–Crippen LogP) is 2.10. The number of nitrogens with zero attached hydrogens (tertiary/aromatic N) is 1. The number of para-hydroxylation sites is 1. The maximum Gasteiger partial charge on any atom is 0.282 e. The van der Waals surface area contributed by atoms with E-state index in [1.807, 2.05) is 31.2 Å². The standard InChI is InChI=1S/C12H14N2O2S/c1-9-4-2-3-5-10(9)13-11(15)8-14-6-7-17-12(14)16/h2-5H,6-8H2,1H3,(H,13,15). The van der Waals surface area contributed by atoms with Gasteiger partial charge in [0.1, 0.15) is 6.54 Å². The van der Waals surface area contributed by atoms with Crippen molar-refractivity contribution in [3.05, 3.63) is 29.8 Å². The van der Waals surface area contributed by atoms with Gasteiger partial charge in [-0.15, -0.1) is 0 Å². The molecule has 90 valence electrons. The van der Waals surface area contributed by atoms with E-state index in [0.717, 1.165) is 17.0 Å². The summed E-state index contributed by atoms with van der Waals surface area (Å²) < 4.78 is 0. The second-order valence-electron chi connectivity index (χ2n) is 3.90. The lowest BCUT2D eigenvalue weighted by Crippen LogP contribution is -2.33. The second-order valence-corrected chi connectivity index (χ2v) is 4.95. The number of carbonyl (C=O) groups excluding carboxylic acids is 2. The summed E-state index contributed by atoms with van der Waals surface area (Å²) in [5.41, 5.74) is 1.82. The minimum absolute atomic E-state index is 0.00932. The Morgan fingerprint density at radius 2 is 2.24 bits per heavy atom. The van der Waals surface area contributed by atoms with Crippen LogP contribution < -0.4 is 5.32 Å². The van der Waals surface area contributed by atoms with Crippen molar-refractivity contribution in [1.29, 1.82) is 0 Å². The number of rotatable bonds is 3. The van der Waals surface area contributed by atoms with Gasteiger partial charge in [0.2, 0.25) is 5.91 Å². The topological polar surface area (TPSA) is 49.4 Å². The van der Waals surface area contributed by atoms with Crippen molar-refractivity contribution in [1.82, 2.24) is 4.90 Å². The molecule has 2 amide bonds. The van der Waals surface area contributed by atoms with Gasteiger partial charge in [-0.1, -0.05) is 30.0 Å². The summed E-state index contributed by atoms with van der Waals surface area (Å²) in [6, 6.07) is 7.59. The van der Waals surface area contributed by atoms with Crippen LogP contribution in [-0.2, 0) is 4.79 Å². The monoisotopic (exact) mass is 250 g/mol. The summed E-state index contributed by atoms with van der Waals surface area (Å²) in [6.07, 6.45) is 0. The number of aryl methyl sites for hydroxylation is 1. The van der Waals surface area contributed by atoms with Crippen LogP contribution in [0.25, 0.3) is 0 Å². The molecule has 2 rings (SSSR count). The predicted molar refractivity (Wildman–Crippen MR) is 69.2 cm³/mol. The quantitative estimate of drug-likeness (QED) is 0.893. The first-order chi connectivity index (χ1) is 8.16. The van der Waals surface area contributed by atoms with Crippen molar-refractivity contribution >= 4 is 28.6 Å². The van der Waals surface area contributed by atoms with Gasteiger partial charge < -0.3 is 10.2 Å². The number of hydrogen-bond donors (Lipinski definition) is 1. The molecule has 1 N–H and O–H groups in total. The highest BCUT2D eigenvalue weighted by molar-refractivity contribution is 8.13. The van der Waals surface area contributed by atoms with Gasteiger partial charge in [-0.05, 0) is 18.6 Å². The molecule has 1 heterocycles. The van der Waals surface area contributed by atoms with Crippen LogP contribution in [0.3, 0.4) is 0 Å². The maximum atomic E-state index is 11.8. The summed E-state index contributed by atoms with van der Waals surface area (Å²) in [7, 11) is 0. The lowest BCUT2D eigenvalue weighted by atomic mass is 10.2. The van der Waals surface area contributed by atoms with E-state index in [-0.39, 0.29) is 17.7 Å². The van der Waals surface area contributed by atoms with Crippen molar-refractivity contribution in [3.63, 3.8) is 0 Å². The Balaban J connectivity index is 1.93. The summed E-state index contributed by atoms with van der Waals surface area (Å²) >= 11 is 1.26. The summed E-state index contributed by atoms with van der Waals surface area (Å²) in [5.74, 6) is 0.631. The number of hydrogen-bond acceptors (Lipinski definition) is 3. The lowest BCUT2D eigenvalue weighted by Gasteiger charge is -2.14. The molecule has 0 aliphatic carbocycles. The Kier molecular flexibility index (Phi) is 3.68. The Bertz CT molecular complexity index is 448. The molecule has 0 radical (unpaired) electrons. The zero-order chi connectivity index (χ0) is 12.3. The zero-order valence-electron chi connectivity index (χ0n) is 9.60. The van der Waals surface area contributed by atoms with Gasteiger partial charge >= 0.3 is 0 Å². The van der Waals surface area contributed by atoms with Gasteiger partial charge in [0, 0.05) is 18.0 Å². The SMILES string of the molecule is Cc1ccccc1NC(=O)CN1CCSC1=O. The summed E-state index contributed by atoms with van der Waals surface area (Å²) in [5, 5.41) is 2.81. The largest absolute Gasteiger partial charge is 0.324 e. The lowest BCUT2D eigenvalue weighted by molar-refractivity contribution is -0.116. The Labute approximate surface area is 104 Å². The van der Waals surface area contributed by atoms with Crippen LogP contribution in [0.5, 0.6) is 0 Å².